The van der Waals surface area contributed by atoms with Crippen molar-refractivity contribution in [3.8, 4) is 0 Å². The van der Waals surface area contributed by atoms with E-state index in [2.05, 4.69) is 33.2 Å². The summed E-state index contributed by atoms with van der Waals surface area (Å²) >= 11 is 0. The van der Waals surface area contributed by atoms with Crippen molar-refractivity contribution >= 4 is 0 Å². The Hall–Kier alpha value is -0.800. The summed E-state index contributed by atoms with van der Waals surface area (Å²) < 4.78 is 2.35. The van der Waals surface area contributed by atoms with E-state index in [0.717, 1.165) is 19.1 Å². The number of hydrogen-bond donors (Lipinski definition) is 1. The number of nitrogens with one attached hydrogen (secondary N) is 1. The second kappa shape index (κ2) is 5.89. The fourth-order valence-electron chi connectivity index (χ4n) is 2.72. The van der Waals surface area contributed by atoms with Crippen molar-refractivity contribution in [2.24, 2.45) is 0 Å². The number of aromatic nitrogens is 1. The van der Waals surface area contributed by atoms with Crippen LogP contribution >= 0.6 is 0 Å². The average Bonchev–Trinajstić information content (AvgIpc) is 3.14. The molecule has 2 fully saturated rings. The van der Waals surface area contributed by atoms with E-state index in [0.29, 0.717) is 0 Å². The molecular weight excluding hydrogens is 222 g/mol. The summed E-state index contributed by atoms with van der Waals surface area (Å²) in [6, 6.07) is 3.06. The number of likely N-dealkylation sites (tertiary alicyclic amines) is 1. The first-order chi connectivity index (χ1) is 8.90. The van der Waals surface area contributed by atoms with E-state index in [1.807, 2.05) is 0 Å². The van der Waals surface area contributed by atoms with Gasteiger partial charge >= 0.3 is 0 Å². The van der Waals surface area contributed by atoms with Crippen LogP contribution in [0.1, 0.15) is 37.7 Å². The fraction of sp³-hybridized carbons (Fsp3) is 0.733. The predicted molar refractivity (Wildman–Crippen MR) is 74.6 cm³/mol. The van der Waals surface area contributed by atoms with Crippen molar-refractivity contribution in [3.63, 3.8) is 0 Å². The molecule has 1 aromatic heterocycles. The standard InChI is InChI=1S/C15H25N3/c1-2-7-17(8-3-1)10-11-18-9-6-14(13-18)12-16-15-4-5-15/h6,9,13,15-16H,1-5,7-8,10-12H2. The van der Waals surface area contributed by atoms with Gasteiger partial charge in [-0.15, -0.1) is 0 Å². The van der Waals surface area contributed by atoms with Gasteiger partial charge in [-0.05, 0) is 50.4 Å². The van der Waals surface area contributed by atoms with Crippen LogP contribution in [0.2, 0.25) is 0 Å². The van der Waals surface area contributed by atoms with Crippen LogP contribution in [0.3, 0.4) is 0 Å². The SMILES string of the molecule is c1cn(CCN2CCCCC2)cc1CNC1CC1. The van der Waals surface area contributed by atoms with E-state index in [-0.39, 0.29) is 0 Å². The predicted octanol–water partition coefficient (Wildman–Crippen LogP) is 2.23. The molecule has 18 heavy (non-hydrogen) atoms. The Kier molecular flexibility index (Phi) is 4.01. The summed E-state index contributed by atoms with van der Waals surface area (Å²) in [4.78, 5) is 2.60. The zero-order valence-electron chi connectivity index (χ0n) is 11.3. The molecule has 1 aromatic rings. The molecule has 100 valence electrons. The minimum atomic E-state index is 0.807. The molecule has 0 atom stereocenters. The van der Waals surface area contributed by atoms with Crippen molar-refractivity contribution in [1.29, 1.82) is 0 Å². The van der Waals surface area contributed by atoms with Gasteiger partial charge in [0.1, 0.15) is 0 Å². The highest BCUT2D eigenvalue weighted by molar-refractivity contribution is 5.10. The van der Waals surface area contributed by atoms with Crippen LogP contribution in [-0.2, 0) is 13.1 Å². The molecule has 2 heterocycles. The van der Waals surface area contributed by atoms with Crippen molar-refractivity contribution in [2.45, 2.75) is 51.2 Å². The average molecular weight is 247 g/mol. The third-order valence-electron chi connectivity index (χ3n) is 4.11. The van der Waals surface area contributed by atoms with E-state index >= 15 is 0 Å². The first-order valence-electron chi connectivity index (χ1n) is 7.50. The van der Waals surface area contributed by atoms with Crippen molar-refractivity contribution < 1.29 is 0 Å². The van der Waals surface area contributed by atoms with Crippen LogP contribution in [-0.4, -0.2) is 35.1 Å². The van der Waals surface area contributed by atoms with Crippen molar-refractivity contribution in [3.05, 3.63) is 24.0 Å². The van der Waals surface area contributed by atoms with Crippen LogP contribution in [0.4, 0.5) is 0 Å². The van der Waals surface area contributed by atoms with Crippen LogP contribution in [0.15, 0.2) is 18.5 Å². The van der Waals surface area contributed by atoms with Gasteiger partial charge in [0.05, 0.1) is 0 Å². The lowest BCUT2D eigenvalue weighted by molar-refractivity contribution is 0.221. The zero-order chi connectivity index (χ0) is 12.2. The van der Waals surface area contributed by atoms with Gasteiger partial charge in [0, 0.05) is 38.1 Å². The van der Waals surface area contributed by atoms with Gasteiger partial charge < -0.3 is 14.8 Å². The molecule has 2 aliphatic rings. The molecule has 3 heteroatoms. The Bertz CT molecular complexity index is 362. The summed E-state index contributed by atoms with van der Waals surface area (Å²) in [5.41, 5.74) is 1.43. The molecule has 3 rings (SSSR count). The smallest absolute Gasteiger partial charge is 0.0347 e. The van der Waals surface area contributed by atoms with Crippen LogP contribution in [0.25, 0.3) is 0 Å². The molecule has 0 radical (unpaired) electrons. The lowest BCUT2D eigenvalue weighted by Crippen LogP contribution is -2.32. The third-order valence-corrected chi connectivity index (χ3v) is 4.11. The molecule has 3 nitrogen and oxygen atoms in total. The molecule has 0 amide bonds. The molecule has 1 N–H and O–H groups in total. The molecule has 1 saturated carbocycles. The van der Waals surface area contributed by atoms with E-state index in [1.165, 1.54) is 57.3 Å². The van der Waals surface area contributed by atoms with Gasteiger partial charge in [-0.25, -0.2) is 0 Å². The Balaban J connectivity index is 1.41. The van der Waals surface area contributed by atoms with E-state index < -0.39 is 0 Å². The molecule has 1 saturated heterocycles. The van der Waals surface area contributed by atoms with E-state index in [4.69, 9.17) is 0 Å². The largest absolute Gasteiger partial charge is 0.353 e. The molecule has 1 aliphatic heterocycles. The first-order valence-corrected chi connectivity index (χ1v) is 7.50. The first kappa shape index (κ1) is 12.2. The fourth-order valence-corrected chi connectivity index (χ4v) is 2.72. The van der Waals surface area contributed by atoms with Gasteiger partial charge in [0.25, 0.3) is 0 Å². The normalized spacial score (nSPS) is 21.3. The van der Waals surface area contributed by atoms with E-state index in [1.54, 1.807) is 0 Å². The van der Waals surface area contributed by atoms with Crippen LogP contribution < -0.4 is 5.32 Å². The molecule has 0 aromatic carbocycles. The van der Waals surface area contributed by atoms with Gasteiger partial charge in [-0.2, -0.15) is 0 Å². The molecule has 1 aliphatic carbocycles. The summed E-state index contributed by atoms with van der Waals surface area (Å²) in [6.07, 6.45) is 11.5. The lowest BCUT2D eigenvalue weighted by Gasteiger charge is -2.26. The highest BCUT2D eigenvalue weighted by atomic mass is 15.1. The molecule has 0 spiro atoms. The zero-order valence-corrected chi connectivity index (χ0v) is 11.3. The topological polar surface area (TPSA) is 20.2 Å². The molecule has 0 unspecified atom stereocenters. The molecule has 0 bridgehead atoms. The van der Waals surface area contributed by atoms with Crippen LogP contribution in [0, 0.1) is 0 Å². The molecular formula is C15H25N3. The summed E-state index contributed by atoms with van der Waals surface area (Å²) in [5, 5.41) is 3.57. The lowest BCUT2D eigenvalue weighted by atomic mass is 10.1. The van der Waals surface area contributed by atoms with Gasteiger partial charge in [-0.1, -0.05) is 6.42 Å². The summed E-state index contributed by atoms with van der Waals surface area (Å²) in [5.74, 6) is 0. The second-order valence-corrected chi connectivity index (χ2v) is 5.82. The second-order valence-electron chi connectivity index (χ2n) is 5.82. The highest BCUT2D eigenvalue weighted by Gasteiger charge is 2.19. The monoisotopic (exact) mass is 247 g/mol. The van der Waals surface area contributed by atoms with Gasteiger partial charge in [0.2, 0.25) is 0 Å². The minimum absolute atomic E-state index is 0.807. The number of hydrogen-bond acceptors (Lipinski definition) is 2. The van der Waals surface area contributed by atoms with Gasteiger partial charge in [0.15, 0.2) is 0 Å². The highest BCUT2D eigenvalue weighted by Crippen LogP contribution is 2.19. The Labute approximate surface area is 110 Å². The number of piperidine rings is 1. The number of nitrogens with zero attached hydrogens (tertiary/aromatic N) is 2. The van der Waals surface area contributed by atoms with Crippen molar-refractivity contribution in [1.82, 2.24) is 14.8 Å². The van der Waals surface area contributed by atoms with Gasteiger partial charge in [-0.3, -0.25) is 0 Å². The minimum Gasteiger partial charge on any atom is -0.353 e. The van der Waals surface area contributed by atoms with E-state index in [9.17, 15) is 0 Å². The Morgan fingerprint density at radius 2 is 1.94 bits per heavy atom. The maximum absolute atomic E-state index is 3.57. The maximum Gasteiger partial charge on any atom is 0.0347 e. The Morgan fingerprint density at radius 1 is 1.11 bits per heavy atom. The van der Waals surface area contributed by atoms with Crippen molar-refractivity contribution in [2.75, 3.05) is 19.6 Å². The maximum atomic E-state index is 3.57. The van der Waals surface area contributed by atoms with Crippen LogP contribution in [0.5, 0.6) is 0 Å². The summed E-state index contributed by atoms with van der Waals surface area (Å²) in [7, 11) is 0. The quantitative estimate of drug-likeness (QED) is 0.832. The Morgan fingerprint density at radius 3 is 2.72 bits per heavy atom. The summed E-state index contributed by atoms with van der Waals surface area (Å²) in [6.45, 7) is 6.00. The number of rotatable bonds is 6. The third kappa shape index (κ3) is 3.59.